The summed E-state index contributed by atoms with van der Waals surface area (Å²) in [6.45, 7) is 1.84. The van der Waals surface area contributed by atoms with Gasteiger partial charge in [-0.1, -0.05) is 26.8 Å². The maximum atomic E-state index is 12.3. The Morgan fingerprint density at radius 3 is 2.76 bits per heavy atom. The number of ketones is 1. The number of aromatic nitrogens is 1. The van der Waals surface area contributed by atoms with Crippen molar-refractivity contribution in [2.75, 3.05) is 24.2 Å². The number of piperazine rings is 1. The number of phenolic OH excluding ortho intramolecular Hbond substituents is 1. The van der Waals surface area contributed by atoms with Crippen LogP contribution in [0.25, 0.3) is 0 Å². The molecule has 0 radical (unpaired) electrons. The third-order valence-electron chi connectivity index (χ3n) is 4.75. The molecule has 1 N–H and O–H groups in total. The van der Waals surface area contributed by atoms with E-state index in [1.807, 2.05) is 24.5 Å². The van der Waals surface area contributed by atoms with E-state index >= 15 is 0 Å². The Morgan fingerprint density at radius 1 is 1.20 bits per heavy atom. The molecule has 3 aliphatic rings. The number of pyridine rings is 1. The van der Waals surface area contributed by atoms with Gasteiger partial charge in [0.25, 0.3) is 0 Å². The van der Waals surface area contributed by atoms with Gasteiger partial charge in [-0.2, -0.15) is 0 Å². The molecule has 0 amide bonds. The second-order valence-corrected chi connectivity index (χ2v) is 7.80. The average Bonchev–Trinajstić information content (AvgIpc) is 2.67. The molecule has 2 aromatic rings. The Balaban J connectivity index is 1.46. The van der Waals surface area contributed by atoms with E-state index in [2.05, 4.69) is 20.9 Å². The van der Waals surface area contributed by atoms with Gasteiger partial charge in [-0.15, -0.1) is 0 Å². The number of benzene rings is 1. The molecule has 1 unspecified atom stereocenters. The molecule has 3 fully saturated rings. The Hall–Kier alpha value is -2.39. The van der Waals surface area contributed by atoms with Crippen LogP contribution in [0.4, 0.5) is 5.82 Å². The number of phenols is 1. The first kappa shape index (κ1) is 16.1. The van der Waals surface area contributed by atoms with Crippen molar-refractivity contribution in [2.45, 2.75) is 11.8 Å². The van der Waals surface area contributed by atoms with Crippen molar-refractivity contribution >= 4 is 20.2 Å². The standard InChI is InChI=1S/C19H20N3O2P/c23-16-6-2-1-5-15(16)17(24)8-10-21-11-14-13-25-19(21)12-22(14)18-7-3-4-9-20-18/h1-10,14,19,23,25H,11-13H2/b10-8+/t14-,19+/m0/s1. The van der Waals surface area contributed by atoms with Crippen molar-refractivity contribution in [3.63, 3.8) is 0 Å². The summed E-state index contributed by atoms with van der Waals surface area (Å²) in [6, 6.07) is 13.1. The first-order chi connectivity index (χ1) is 12.2. The molecular formula is C19H20N3O2P. The smallest absolute Gasteiger partial charge is 0.190 e. The van der Waals surface area contributed by atoms with Gasteiger partial charge < -0.3 is 14.9 Å². The Labute approximate surface area is 148 Å². The maximum Gasteiger partial charge on any atom is 0.190 e. The highest BCUT2D eigenvalue weighted by molar-refractivity contribution is 7.39. The van der Waals surface area contributed by atoms with Gasteiger partial charge in [0.05, 0.1) is 17.4 Å². The molecule has 0 aliphatic carbocycles. The maximum absolute atomic E-state index is 12.3. The predicted octanol–water partition coefficient (Wildman–Crippen LogP) is 2.69. The zero-order valence-corrected chi connectivity index (χ0v) is 14.7. The highest BCUT2D eigenvalue weighted by Gasteiger charge is 2.38. The molecule has 0 spiro atoms. The van der Waals surface area contributed by atoms with E-state index in [0.717, 1.165) is 27.5 Å². The Bertz CT molecular complexity index is 796. The number of aromatic hydroxyl groups is 1. The van der Waals surface area contributed by atoms with Crippen LogP contribution in [0.1, 0.15) is 10.4 Å². The number of fused-ring (bicyclic) bond motifs is 3. The van der Waals surface area contributed by atoms with Gasteiger partial charge in [-0.3, -0.25) is 4.79 Å². The van der Waals surface area contributed by atoms with Crippen LogP contribution < -0.4 is 4.90 Å². The lowest BCUT2D eigenvalue weighted by molar-refractivity contribution is 0.104. The summed E-state index contributed by atoms with van der Waals surface area (Å²) in [7, 11) is 0.866. The second kappa shape index (κ2) is 6.85. The van der Waals surface area contributed by atoms with Gasteiger partial charge in [0.15, 0.2) is 5.78 Å². The average molecular weight is 353 g/mol. The zero-order chi connectivity index (χ0) is 17.2. The number of nitrogens with zero attached hydrogens (tertiary/aromatic N) is 3. The second-order valence-electron chi connectivity index (χ2n) is 6.31. The van der Waals surface area contributed by atoms with Crippen LogP contribution in [0.5, 0.6) is 5.75 Å². The largest absolute Gasteiger partial charge is 0.507 e. The summed E-state index contributed by atoms with van der Waals surface area (Å²) >= 11 is 0. The molecule has 1 aromatic heterocycles. The van der Waals surface area contributed by atoms with E-state index in [9.17, 15) is 9.90 Å². The van der Waals surface area contributed by atoms with Gasteiger partial charge in [-0.25, -0.2) is 4.98 Å². The monoisotopic (exact) mass is 353 g/mol. The van der Waals surface area contributed by atoms with Crippen LogP contribution in [0.2, 0.25) is 0 Å². The van der Waals surface area contributed by atoms with E-state index < -0.39 is 0 Å². The number of anilines is 1. The van der Waals surface area contributed by atoms with Crippen LogP contribution in [-0.2, 0) is 0 Å². The van der Waals surface area contributed by atoms with Crippen LogP contribution in [0.15, 0.2) is 60.9 Å². The lowest BCUT2D eigenvalue weighted by atomic mass is 10.1. The fourth-order valence-electron chi connectivity index (χ4n) is 3.44. The molecule has 3 atom stereocenters. The van der Waals surface area contributed by atoms with Crippen molar-refractivity contribution in [3.8, 4) is 5.75 Å². The minimum Gasteiger partial charge on any atom is -0.507 e. The number of carbonyl (C=O) groups is 1. The lowest BCUT2D eigenvalue weighted by Crippen LogP contribution is -2.60. The summed E-state index contributed by atoms with van der Waals surface area (Å²) in [4.78, 5) is 21.4. The van der Waals surface area contributed by atoms with Gasteiger partial charge >= 0.3 is 0 Å². The van der Waals surface area contributed by atoms with E-state index in [4.69, 9.17) is 0 Å². The summed E-state index contributed by atoms with van der Waals surface area (Å²) in [5.74, 6) is 1.32. The third kappa shape index (κ3) is 3.24. The molecule has 3 aliphatic heterocycles. The zero-order valence-electron chi connectivity index (χ0n) is 13.7. The van der Waals surface area contributed by atoms with Crippen LogP contribution in [0, 0.1) is 0 Å². The highest BCUT2D eigenvalue weighted by Crippen LogP contribution is 2.39. The van der Waals surface area contributed by atoms with Crippen molar-refractivity contribution in [3.05, 3.63) is 66.5 Å². The molecule has 25 heavy (non-hydrogen) atoms. The quantitative estimate of drug-likeness (QED) is 0.520. The molecule has 6 heteroatoms. The number of hydrogen-bond donors (Lipinski definition) is 1. The number of hydrogen-bond acceptors (Lipinski definition) is 5. The Kier molecular flexibility index (Phi) is 4.41. The number of rotatable bonds is 4. The van der Waals surface area contributed by atoms with Crippen LogP contribution >= 0.6 is 8.58 Å². The number of allylic oxidation sites excluding steroid dienone is 1. The van der Waals surface area contributed by atoms with Gasteiger partial charge in [0, 0.05) is 31.6 Å². The molecule has 128 valence electrons. The van der Waals surface area contributed by atoms with Crippen LogP contribution in [0.3, 0.4) is 0 Å². The first-order valence-corrected chi connectivity index (χ1v) is 9.68. The SMILES string of the molecule is O=C(/C=C/N1C[C@H]2CP[C@@H]1CN2c1ccccn1)c1ccccc1O. The van der Waals surface area contributed by atoms with E-state index in [0.29, 0.717) is 17.4 Å². The summed E-state index contributed by atoms with van der Waals surface area (Å²) in [6.07, 6.45) is 6.49. The molecule has 4 heterocycles. The van der Waals surface area contributed by atoms with Gasteiger partial charge in [0.1, 0.15) is 11.6 Å². The fourth-order valence-corrected chi connectivity index (χ4v) is 5.09. The molecule has 1 aromatic carbocycles. The van der Waals surface area contributed by atoms with Crippen molar-refractivity contribution < 1.29 is 9.90 Å². The van der Waals surface area contributed by atoms with Crippen LogP contribution in [-0.4, -0.2) is 51.8 Å². The fraction of sp³-hybridized carbons (Fsp3) is 0.263. The Morgan fingerprint density at radius 2 is 2.04 bits per heavy atom. The van der Waals surface area contributed by atoms with E-state index in [1.165, 1.54) is 12.2 Å². The molecule has 3 saturated heterocycles. The molecular weight excluding hydrogens is 333 g/mol. The number of carbonyl (C=O) groups excluding carboxylic acids is 1. The lowest BCUT2D eigenvalue weighted by Gasteiger charge is -2.51. The summed E-state index contributed by atoms with van der Waals surface area (Å²) in [5, 5.41) is 9.80. The van der Waals surface area contributed by atoms with Gasteiger partial charge in [0.2, 0.25) is 0 Å². The predicted molar refractivity (Wildman–Crippen MR) is 101 cm³/mol. The van der Waals surface area contributed by atoms with E-state index in [-0.39, 0.29) is 11.5 Å². The highest BCUT2D eigenvalue weighted by atomic mass is 31.1. The van der Waals surface area contributed by atoms with Crippen molar-refractivity contribution in [2.24, 2.45) is 0 Å². The molecule has 5 nitrogen and oxygen atoms in total. The normalized spacial score (nSPS) is 23.5. The summed E-state index contributed by atoms with van der Waals surface area (Å²) < 4.78 is 0. The molecule has 5 rings (SSSR count). The molecule has 2 bridgehead atoms. The minimum atomic E-state index is -0.163. The molecule has 0 saturated carbocycles. The third-order valence-corrected chi connectivity index (χ3v) is 6.44. The summed E-state index contributed by atoms with van der Waals surface area (Å²) in [5.41, 5.74) is 0.346. The topological polar surface area (TPSA) is 56.7 Å². The van der Waals surface area contributed by atoms with Crippen molar-refractivity contribution in [1.82, 2.24) is 9.88 Å². The first-order valence-electron chi connectivity index (χ1n) is 8.40. The number of para-hydroxylation sites is 1. The van der Waals surface area contributed by atoms with Gasteiger partial charge in [-0.05, 0) is 30.4 Å². The van der Waals surface area contributed by atoms with E-state index in [1.54, 1.807) is 24.3 Å². The minimum absolute atomic E-state index is 0.0283. The van der Waals surface area contributed by atoms with Crippen molar-refractivity contribution in [1.29, 1.82) is 0 Å².